The van der Waals surface area contributed by atoms with Crippen molar-refractivity contribution in [3.63, 3.8) is 0 Å². The average molecular weight is 375 g/mol. The van der Waals surface area contributed by atoms with Crippen molar-refractivity contribution in [3.05, 3.63) is 48.3 Å². The normalized spacial score (nSPS) is 19.5. The lowest BCUT2D eigenvalue weighted by Crippen LogP contribution is -2.35. The third-order valence-corrected chi connectivity index (χ3v) is 4.30. The maximum absolute atomic E-state index is 13.0. The van der Waals surface area contributed by atoms with Crippen molar-refractivity contribution in [3.8, 4) is 5.69 Å². The number of carbonyl (C=O) groups is 1. The molecule has 1 aromatic carbocycles. The van der Waals surface area contributed by atoms with Crippen LogP contribution in [0.5, 0.6) is 0 Å². The molecule has 1 atom stereocenters. The molecule has 1 aliphatic heterocycles. The fourth-order valence-corrected chi connectivity index (χ4v) is 2.79. The van der Waals surface area contributed by atoms with E-state index in [1.54, 1.807) is 29.2 Å². The van der Waals surface area contributed by atoms with Gasteiger partial charge in [-0.05, 0) is 42.6 Å². The van der Waals surface area contributed by atoms with Gasteiger partial charge >= 0.3 is 0 Å². The number of benzene rings is 1. The molecule has 1 aliphatic rings. The number of rotatable bonds is 3. The minimum atomic E-state index is -0.310. The van der Waals surface area contributed by atoms with Crippen LogP contribution in [0.1, 0.15) is 23.8 Å². The number of amides is 1. The Labute approximate surface area is 152 Å². The highest BCUT2D eigenvalue weighted by atomic mass is 35.5. The Morgan fingerprint density at radius 2 is 2.00 bits per heavy atom. The summed E-state index contributed by atoms with van der Waals surface area (Å²) in [6, 6.07) is 5.99. The monoisotopic (exact) mass is 374 g/mol. The van der Waals surface area contributed by atoms with Gasteiger partial charge in [0.25, 0.3) is 5.91 Å². The van der Waals surface area contributed by atoms with Gasteiger partial charge in [-0.2, -0.15) is 0 Å². The first kappa shape index (κ1) is 20.4. The lowest BCUT2D eigenvalue weighted by atomic mass is 9.90. The first-order valence-corrected chi connectivity index (χ1v) is 7.30. The predicted molar refractivity (Wildman–Crippen MR) is 95.7 cm³/mol. The van der Waals surface area contributed by atoms with Crippen LogP contribution in [-0.4, -0.2) is 40.0 Å². The van der Waals surface area contributed by atoms with Gasteiger partial charge in [0.2, 0.25) is 0 Å². The summed E-state index contributed by atoms with van der Waals surface area (Å²) < 4.78 is 14.7. The van der Waals surface area contributed by atoms with E-state index in [1.807, 2.05) is 4.90 Å². The Balaban J connectivity index is 0.00000144. The molecule has 1 saturated heterocycles. The lowest BCUT2D eigenvalue weighted by Gasteiger charge is -2.22. The molecule has 0 radical (unpaired) electrons. The van der Waals surface area contributed by atoms with Crippen molar-refractivity contribution in [2.24, 2.45) is 11.1 Å². The molecule has 2 heterocycles. The summed E-state index contributed by atoms with van der Waals surface area (Å²) in [7, 11) is 0. The van der Waals surface area contributed by atoms with E-state index >= 15 is 0 Å². The fraction of sp³-hybridized carbons (Fsp3) is 0.375. The highest BCUT2D eigenvalue weighted by Crippen LogP contribution is 2.29. The maximum Gasteiger partial charge on any atom is 0.272 e. The second-order valence-electron chi connectivity index (χ2n) is 6.12. The van der Waals surface area contributed by atoms with E-state index in [4.69, 9.17) is 5.73 Å². The molecular formula is C16H21Cl2FN4O. The van der Waals surface area contributed by atoms with E-state index in [1.165, 1.54) is 12.1 Å². The van der Waals surface area contributed by atoms with Gasteiger partial charge in [-0.15, -0.1) is 24.8 Å². The molecule has 0 bridgehead atoms. The second-order valence-corrected chi connectivity index (χ2v) is 6.12. The summed E-state index contributed by atoms with van der Waals surface area (Å²) in [6.45, 7) is 4.00. The largest absolute Gasteiger partial charge is 0.337 e. The quantitative estimate of drug-likeness (QED) is 0.897. The molecule has 1 fully saturated rings. The number of likely N-dealkylation sites (tertiary alicyclic amines) is 1. The number of hydrogen-bond donors (Lipinski definition) is 1. The van der Waals surface area contributed by atoms with Gasteiger partial charge in [0.15, 0.2) is 0 Å². The van der Waals surface area contributed by atoms with Crippen LogP contribution in [-0.2, 0) is 0 Å². The van der Waals surface area contributed by atoms with Crippen LogP contribution in [0.3, 0.4) is 0 Å². The number of nitrogens with zero attached hydrogens (tertiary/aromatic N) is 3. The van der Waals surface area contributed by atoms with E-state index in [-0.39, 0.29) is 42.0 Å². The summed E-state index contributed by atoms with van der Waals surface area (Å²) in [6.07, 6.45) is 4.02. The van der Waals surface area contributed by atoms with Crippen LogP contribution in [0.25, 0.3) is 5.69 Å². The summed E-state index contributed by atoms with van der Waals surface area (Å²) >= 11 is 0. The fourth-order valence-electron chi connectivity index (χ4n) is 2.79. The van der Waals surface area contributed by atoms with E-state index < -0.39 is 0 Å². The number of carbonyl (C=O) groups excluding carboxylic acids is 1. The highest BCUT2D eigenvalue weighted by Gasteiger charge is 2.36. The first-order chi connectivity index (χ1) is 10.5. The summed E-state index contributed by atoms with van der Waals surface area (Å²) in [5.74, 6) is -0.381. The van der Waals surface area contributed by atoms with E-state index in [0.717, 1.165) is 6.42 Å². The molecule has 3 rings (SSSR count). The molecule has 2 aromatic rings. The zero-order valence-electron chi connectivity index (χ0n) is 13.3. The SMILES string of the molecule is CC1(CN)CCN(C(=O)c2cncn2-c2ccc(F)cc2)C1.Cl.Cl. The Hall–Kier alpha value is -1.63. The number of halogens is 3. The van der Waals surface area contributed by atoms with Crippen molar-refractivity contribution < 1.29 is 9.18 Å². The van der Waals surface area contributed by atoms with Crippen molar-refractivity contribution >= 4 is 30.7 Å². The molecule has 0 saturated carbocycles. The molecule has 0 spiro atoms. The van der Waals surface area contributed by atoms with Gasteiger partial charge in [0, 0.05) is 18.8 Å². The highest BCUT2D eigenvalue weighted by molar-refractivity contribution is 5.93. The van der Waals surface area contributed by atoms with Gasteiger partial charge in [0.1, 0.15) is 11.5 Å². The summed E-state index contributed by atoms with van der Waals surface area (Å²) in [5.41, 5.74) is 6.97. The van der Waals surface area contributed by atoms with E-state index in [2.05, 4.69) is 11.9 Å². The lowest BCUT2D eigenvalue weighted by molar-refractivity contribution is 0.0769. The minimum absolute atomic E-state index is 0. The number of hydrogen-bond acceptors (Lipinski definition) is 3. The van der Waals surface area contributed by atoms with Gasteiger partial charge in [0.05, 0.1) is 12.5 Å². The van der Waals surface area contributed by atoms with Gasteiger partial charge < -0.3 is 10.6 Å². The van der Waals surface area contributed by atoms with E-state index in [0.29, 0.717) is 31.0 Å². The van der Waals surface area contributed by atoms with Gasteiger partial charge in [-0.25, -0.2) is 9.37 Å². The molecular weight excluding hydrogens is 354 g/mol. The van der Waals surface area contributed by atoms with Crippen molar-refractivity contribution in [1.29, 1.82) is 0 Å². The third kappa shape index (κ3) is 3.88. The van der Waals surface area contributed by atoms with Crippen LogP contribution in [0.15, 0.2) is 36.8 Å². The van der Waals surface area contributed by atoms with Gasteiger partial charge in [-0.3, -0.25) is 9.36 Å². The number of nitrogens with two attached hydrogens (primary N) is 1. The standard InChI is InChI=1S/C16H19FN4O.2ClH/c1-16(9-18)6-7-20(10-16)15(22)14-8-19-11-21(14)13-4-2-12(17)3-5-13;;/h2-5,8,11H,6-7,9-10,18H2,1H3;2*1H. The average Bonchev–Trinajstić information content (AvgIpc) is 3.15. The summed E-state index contributed by atoms with van der Waals surface area (Å²) in [4.78, 5) is 18.6. The van der Waals surface area contributed by atoms with Crippen molar-refractivity contribution in [2.45, 2.75) is 13.3 Å². The van der Waals surface area contributed by atoms with Gasteiger partial charge in [-0.1, -0.05) is 6.92 Å². The Morgan fingerprint density at radius 3 is 2.58 bits per heavy atom. The number of imidazole rings is 1. The number of aromatic nitrogens is 2. The zero-order valence-corrected chi connectivity index (χ0v) is 14.9. The Bertz CT molecular complexity index is 692. The summed E-state index contributed by atoms with van der Waals surface area (Å²) in [5, 5.41) is 0. The minimum Gasteiger partial charge on any atom is -0.337 e. The van der Waals surface area contributed by atoms with Crippen LogP contribution in [0.2, 0.25) is 0 Å². The maximum atomic E-state index is 13.0. The molecule has 24 heavy (non-hydrogen) atoms. The van der Waals surface area contributed by atoms with Crippen LogP contribution in [0, 0.1) is 11.2 Å². The second kappa shape index (κ2) is 7.96. The molecule has 8 heteroatoms. The topological polar surface area (TPSA) is 64.2 Å². The molecule has 1 aromatic heterocycles. The van der Waals surface area contributed by atoms with Crippen LogP contribution < -0.4 is 5.73 Å². The molecule has 132 valence electrons. The molecule has 1 unspecified atom stereocenters. The molecule has 0 aliphatic carbocycles. The predicted octanol–water partition coefficient (Wildman–Crippen LogP) is 2.67. The smallest absolute Gasteiger partial charge is 0.272 e. The first-order valence-electron chi connectivity index (χ1n) is 7.30. The zero-order chi connectivity index (χ0) is 15.7. The Kier molecular flexibility index (Phi) is 6.77. The van der Waals surface area contributed by atoms with Crippen molar-refractivity contribution in [2.75, 3.05) is 19.6 Å². The molecule has 1 amide bonds. The Morgan fingerprint density at radius 1 is 1.33 bits per heavy atom. The molecule has 2 N–H and O–H groups in total. The van der Waals surface area contributed by atoms with E-state index in [9.17, 15) is 9.18 Å². The van der Waals surface area contributed by atoms with Crippen LogP contribution >= 0.6 is 24.8 Å². The molecule has 5 nitrogen and oxygen atoms in total. The van der Waals surface area contributed by atoms with Crippen molar-refractivity contribution in [1.82, 2.24) is 14.5 Å². The van der Waals surface area contributed by atoms with Crippen LogP contribution in [0.4, 0.5) is 4.39 Å². The third-order valence-electron chi connectivity index (χ3n) is 4.30.